The molecule has 0 aromatic heterocycles. The van der Waals surface area contributed by atoms with Gasteiger partial charge in [-0.25, -0.2) is 10.2 Å². The Labute approximate surface area is 221 Å². The monoisotopic (exact) mass is 506 g/mol. The van der Waals surface area contributed by atoms with E-state index in [9.17, 15) is 9.59 Å². The molecule has 4 aromatic rings. The number of hydrazone groups is 1. The van der Waals surface area contributed by atoms with Gasteiger partial charge in [-0.15, -0.1) is 0 Å². The molecule has 0 bridgehead atoms. The summed E-state index contributed by atoms with van der Waals surface area (Å²) in [5.41, 5.74) is 6.12. The minimum absolute atomic E-state index is 0.184. The number of carbonyl (C=O) groups is 2. The number of amides is 1. The van der Waals surface area contributed by atoms with E-state index in [1.807, 2.05) is 84.9 Å². The summed E-state index contributed by atoms with van der Waals surface area (Å²) in [4.78, 5) is 24.3. The Morgan fingerprint density at radius 3 is 2.18 bits per heavy atom. The highest BCUT2D eigenvalue weighted by Crippen LogP contribution is 2.28. The van der Waals surface area contributed by atoms with Gasteiger partial charge in [0, 0.05) is 6.08 Å². The highest BCUT2D eigenvalue weighted by atomic mass is 16.6. The highest BCUT2D eigenvalue weighted by molar-refractivity contribution is 5.89. The Kier molecular flexibility index (Phi) is 9.02. The molecule has 0 spiro atoms. The molecule has 0 aliphatic heterocycles. The van der Waals surface area contributed by atoms with Crippen LogP contribution >= 0.6 is 0 Å². The summed E-state index contributed by atoms with van der Waals surface area (Å²) in [6.07, 6.45) is 4.47. The SMILES string of the molecule is COc1cc(C=NNC(=O)COc2ccc(-c3ccccc3)cc2)ccc1OC(=O)C=Cc1ccccc1. The molecule has 7 nitrogen and oxygen atoms in total. The number of hydrogen-bond acceptors (Lipinski definition) is 6. The molecule has 4 aromatic carbocycles. The fraction of sp³-hybridized carbons (Fsp3) is 0.0645. The number of hydrogen-bond donors (Lipinski definition) is 1. The molecule has 0 saturated heterocycles. The minimum atomic E-state index is -0.532. The predicted molar refractivity (Wildman–Crippen MR) is 147 cm³/mol. The molecule has 1 amide bonds. The third-order valence-electron chi connectivity index (χ3n) is 5.34. The van der Waals surface area contributed by atoms with Gasteiger partial charge >= 0.3 is 5.97 Å². The minimum Gasteiger partial charge on any atom is -0.493 e. The average Bonchev–Trinajstić information content (AvgIpc) is 2.97. The Morgan fingerprint density at radius 2 is 1.47 bits per heavy atom. The van der Waals surface area contributed by atoms with E-state index in [0.717, 1.165) is 16.7 Å². The van der Waals surface area contributed by atoms with Crippen molar-refractivity contribution in [3.8, 4) is 28.4 Å². The lowest BCUT2D eigenvalue weighted by Crippen LogP contribution is -2.24. The zero-order valence-corrected chi connectivity index (χ0v) is 20.7. The summed E-state index contributed by atoms with van der Waals surface area (Å²) < 4.78 is 16.3. The normalized spacial score (nSPS) is 10.9. The number of methoxy groups -OCH3 is 1. The second-order valence-corrected chi connectivity index (χ2v) is 8.05. The lowest BCUT2D eigenvalue weighted by Gasteiger charge is -2.08. The van der Waals surface area contributed by atoms with Gasteiger partial charge < -0.3 is 14.2 Å². The van der Waals surface area contributed by atoms with Crippen LogP contribution in [0, 0.1) is 0 Å². The first-order valence-corrected chi connectivity index (χ1v) is 11.8. The van der Waals surface area contributed by atoms with E-state index in [4.69, 9.17) is 14.2 Å². The summed E-state index contributed by atoms with van der Waals surface area (Å²) in [7, 11) is 1.47. The topological polar surface area (TPSA) is 86.2 Å². The van der Waals surface area contributed by atoms with Gasteiger partial charge in [0.1, 0.15) is 5.75 Å². The van der Waals surface area contributed by atoms with Crippen LogP contribution in [0.4, 0.5) is 0 Å². The van der Waals surface area contributed by atoms with Crippen LogP contribution in [0.5, 0.6) is 17.2 Å². The van der Waals surface area contributed by atoms with Crippen LogP contribution in [0.2, 0.25) is 0 Å². The molecule has 0 unspecified atom stereocenters. The van der Waals surface area contributed by atoms with E-state index < -0.39 is 11.9 Å². The highest BCUT2D eigenvalue weighted by Gasteiger charge is 2.09. The second-order valence-electron chi connectivity index (χ2n) is 8.05. The maximum atomic E-state index is 12.2. The van der Waals surface area contributed by atoms with E-state index in [-0.39, 0.29) is 12.4 Å². The van der Waals surface area contributed by atoms with Crippen LogP contribution in [0.1, 0.15) is 11.1 Å². The van der Waals surface area contributed by atoms with Crippen molar-refractivity contribution < 1.29 is 23.8 Å². The van der Waals surface area contributed by atoms with E-state index in [1.54, 1.807) is 24.3 Å². The number of nitrogens with zero attached hydrogens (tertiary/aromatic N) is 1. The van der Waals surface area contributed by atoms with Gasteiger partial charge in [-0.3, -0.25) is 4.79 Å². The number of benzene rings is 4. The van der Waals surface area contributed by atoms with Crippen molar-refractivity contribution in [2.24, 2.45) is 5.10 Å². The molecule has 38 heavy (non-hydrogen) atoms. The van der Waals surface area contributed by atoms with Crippen molar-refractivity contribution in [2.75, 3.05) is 13.7 Å². The van der Waals surface area contributed by atoms with Crippen LogP contribution in [0.15, 0.2) is 114 Å². The number of nitrogens with one attached hydrogen (secondary N) is 1. The Morgan fingerprint density at radius 1 is 0.789 bits per heavy atom. The zero-order valence-electron chi connectivity index (χ0n) is 20.7. The van der Waals surface area contributed by atoms with Gasteiger partial charge in [-0.1, -0.05) is 72.8 Å². The zero-order chi connectivity index (χ0) is 26.6. The number of esters is 1. The molecule has 0 fully saturated rings. The number of rotatable bonds is 10. The fourth-order valence-corrected chi connectivity index (χ4v) is 3.45. The molecular weight excluding hydrogens is 480 g/mol. The van der Waals surface area contributed by atoms with Gasteiger partial charge in [0.15, 0.2) is 18.1 Å². The lowest BCUT2D eigenvalue weighted by molar-refractivity contribution is -0.129. The molecule has 0 heterocycles. The molecular formula is C31H26N2O5. The molecule has 0 saturated carbocycles. The van der Waals surface area contributed by atoms with E-state index in [0.29, 0.717) is 17.1 Å². The summed E-state index contributed by atoms with van der Waals surface area (Å²) in [5, 5.41) is 3.96. The lowest BCUT2D eigenvalue weighted by atomic mass is 10.1. The first kappa shape index (κ1) is 25.9. The van der Waals surface area contributed by atoms with Crippen molar-refractivity contribution >= 4 is 24.2 Å². The van der Waals surface area contributed by atoms with Crippen LogP contribution < -0.4 is 19.6 Å². The summed E-state index contributed by atoms with van der Waals surface area (Å²) in [6.45, 7) is -0.184. The van der Waals surface area contributed by atoms with Crippen LogP contribution in [0.3, 0.4) is 0 Å². The number of carbonyl (C=O) groups excluding carboxylic acids is 2. The van der Waals surface area contributed by atoms with Crippen molar-refractivity contribution in [1.82, 2.24) is 5.43 Å². The molecule has 0 atom stereocenters. The number of ether oxygens (including phenoxy) is 3. The van der Waals surface area contributed by atoms with Crippen molar-refractivity contribution in [2.45, 2.75) is 0 Å². The predicted octanol–water partition coefficient (Wildman–Crippen LogP) is 5.51. The first-order chi connectivity index (χ1) is 18.6. The van der Waals surface area contributed by atoms with E-state index in [1.165, 1.54) is 19.4 Å². The van der Waals surface area contributed by atoms with Crippen molar-refractivity contribution in [3.63, 3.8) is 0 Å². The van der Waals surface area contributed by atoms with Crippen LogP contribution in [-0.2, 0) is 9.59 Å². The van der Waals surface area contributed by atoms with Gasteiger partial charge in [0.05, 0.1) is 13.3 Å². The maximum absolute atomic E-state index is 12.2. The van der Waals surface area contributed by atoms with E-state index >= 15 is 0 Å². The Hall–Kier alpha value is -5.17. The summed E-state index contributed by atoms with van der Waals surface area (Å²) in [6, 6.07) is 31.9. The molecule has 7 heteroatoms. The molecule has 4 rings (SSSR count). The molecule has 1 N–H and O–H groups in total. The fourth-order valence-electron chi connectivity index (χ4n) is 3.45. The van der Waals surface area contributed by atoms with Gasteiger partial charge in [0.2, 0.25) is 0 Å². The van der Waals surface area contributed by atoms with Crippen LogP contribution in [-0.4, -0.2) is 31.8 Å². The van der Waals surface area contributed by atoms with Gasteiger partial charge in [-0.05, 0) is 58.7 Å². The quantitative estimate of drug-likeness (QED) is 0.101. The average molecular weight is 507 g/mol. The molecule has 0 aliphatic rings. The van der Waals surface area contributed by atoms with Crippen molar-refractivity contribution in [3.05, 3.63) is 120 Å². The molecule has 190 valence electrons. The second kappa shape index (κ2) is 13.2. The maximum Gasteiger partial charge on any atom is 0.336 e. The third kappa shape index (κ3) is 7.66. The van der Waals surface area contributed by atoms with E-state index in [2.05, 4.69) is 10.5 Å². The molecule has 0 aliphatic carbocycles. The van der Waals surface area contributed by atoms with Gasteiger partial charge in [0.25, 0.3) is 5.91 Å². The Balaban J connectivity index is 1.26. The largest absolute Gasteiger partial charge is 0.493 e. The summed E-state index contributed by atoms with van der Waals surface area (Å²) >= 11 is 0. The smallest absolute Gasteiger partial charge is 0.336 e. The Bertz CT molecular complexity index is 1420. The van der Waals surface area contributed by atoms with Gasteiger partial charge in [-0.2, -0.15) is 5.10 Å². The first-order valence-electron chi connectivity index (χ1n) is 11.8. The summed E-state index contributed by atoms with van der Waals surface area (Å²) in [5.74, 6) is 0.260. The standard InChI is InChI=1S/C31H26N2O5/c1-36-29-20-24(12-18-28(29)38-31(35)19-13-23-8-4-2-5-9-23)21-32-33-30(34)22-37-27-16-14-26(15-17-27)25-10-6-3-7-11-25/h2-21H,22H2,1H3,(H,33,34). The third-order valence-corrected chi connectivity index (χ3v) is 5.34. The van der Waals surface area contributed by atoms with Crippen LogP contribution in [0.25, 0.3) is 17.2 Å². The van der Waals surface area contributed by atoms with Crippen molar-refractivity contribution in [1.29, 1.82) is 0 Å². The molecule has 0 radical (unpaired) electrons.